The Balaban J connectivity index is 2.20. The van der Waals surface area contributed by atoms with Crippen molar-refractivity contribution < 1.29 is 4.79 Å². The molecular formula is C13H22N4OS. The van der Waals surface area contributed by atoms with E-state index >= 15 is 0 Å². The Morgan fingerprint density at radius 2 is 2.21 bits per heavy atom. The van der Waals surface area contributed by atoms with Gasteiger partial charge < -0.3 is 10.6 Å². The van der Waals surface area contributed by atoms with E-state index in [9.17, 15) is 4.79 Å². The molecule has 0 saturated carbocycles. The normalized spacial score (nSPS) is 18.9. The summed E-state index contributed by atoms with van der Waals surface area (Å²) in [7, 11) is 0. The summed E-state index contributed by atoms with van der Waals surface area (Å²) < 4.78 is 0.0971. The second kappa shape index (κ2) is 5.07. The number of amides is 1. The van der Waals surface area contributed by atoms with Gasteiger partial charge in [-0.2, -0.15) is 16.9 Å². The van der Waals surface area contributed by atoms with E-state index in [4.69, 9.17) is 5.73 Å². The lowest BCUT2D eigenvalue weighted by molar-refractivity contribution is 0.0743. The second-order valence-electron chi connectivity index (χ2n) is 5.89. The summed E-state index contributed by atoms with van der Waals surface area (Å²) in [4.78, 5) is 14.4. The van der Waals surface area contributed by atoms with E-state index in [1.807, 2.05) is 30.5 Å². The van der Waals surface area contributed by atoms with Gasteiger partial charge in [0.2, 0.25) is 0 Å². The van der Waals surface area contributed by atoms with Gasteiger partial charge in [0.15, 0.2) is 5.69 Å². The highest BCUT2D eigenvalue weighted by Crippen LogP contribution is 2.31. The van der Waals surface area contributed by atoms with Crippen molar-refractivity contribution >= 4 is 23.4 Å². The van der Waals surface area contributed by atoms with Crippen LogP contribution in [-0.2, 0) is 0 Å². The fourth-order valence-corrected chi connectivity index (χ4v) is 3.42. The van der Waals surface area contributed by atoms with E-state index in [-0.39, 0.29) is 16.6 Å². The Morgan fingerprint density at radius 1 is 1.53 bits per heavy atom. The van der Waals surface area contributed by atoms with Gasteiger partial charge in [0.25, 0.3) is 5.91 Å². The zero-order valence-electron chi connectivity index (χ0n) is 12.0. The molecule has 1 aliphatic heterocycles. The van der Waals surface area contributed by atoms with Crippen LogP contribution in [-0.4, -0.2) is 44.6 Å². The Kier molecular flexibility index (Phi) is 3.80. The van der Waals surface area contributed by atoms with Crippen molar-refractivity contribution in [3.63, 3.8) is 0 Å². The number of aromatic nitrogens is 2. The molecule has 0 aromatic carbocycles. The fraction of sp³-hybridized carbons (Fsp3) is 0.692. The van der Waals surface area contributed by atoms with Gasteiger partial charge in [-0.05, 0) is 19.8 Å². The summed E-state index contributed by atoms with van der Waals surface area (Å²) in [5.74, 6) is 1.14. The van der Waals surface area contributed by atoms with Gasteiger partial charge in [0.1, 0.15) is 0 Å². The van der Waals surface area contributed by atoms with Gasteiger partial charge in [0.05, 0.1) is 11.4 Å². The molecule has 1 aliphatic rings. The van der Waals surface area contributed by atoms with Crippen molar-refractivity contribution in [3.05, 3.63) is 11.4 Å². The van der Waals surface area contributed by atoms with E-state index in [2.05, 4.69) is 24.0 Å². The van der Waals surface area contributed by atoms with Crippen LogP contribution in [0.3, 0.4) is 0 Å². The van der Waals surface area contributed by atoms with Crippen molar-refractivity contribution in [1.82, 2.24) is 15.1 Å². The number of nitrogens with zero attached hydrogens (tertiary/aromatic N) is 2. The number of carbonyl (C=O) groups excluding carboxylic acids is 1. The average Bonchev–Trinajstić information content (AvgIpc) is 2.69. The molecule has 6 heteroatoms. The molecule has 0 radical (unpaired) electrons. The first kappa shape index (κ1) is 14.2. The number of carbonyl (C=O) groups is 1. The van der Waals surface area contributed by atoms with E-state index in [0.717, 1.165) is 24.5 Å². The third-order valence-corrected chi connectivity index (χ3v) is 4.62. The quantitative estimate of drug-likeness (QED) is 0.871. The van der Waals surface area contributed by atoms with Crippen LogP contribution in [0.2, 0.25) is 0 Å². The number of hydrogen-bond acceptors (Lipinski definition) is 4. The first-order valence-electron chi connectivity index (χ1n) is 6.59. The Bertz CT molecular complexity index is 481. The third-order valence-electron chi connectivity index (χ3n) is 3.33. The molecule has 2 heterocycles. The standard InChI is InChI=1S/C13H22N4OS/c1-8(2)10-9(14)11(16-15-10)12(18)17-5-6-19-13(3,4)7-17/h8H,5-7,14H2,1-4H3,(H,15,16). The minimum Gasteiger partial charge on any atom is -0.395 e. The lowest BCUT2D eigenvalue weighted by Gasteiger charge is -2.37. The summed E-state index contributed by atoms with van der Waals surface area (Å²) in [6, 6.07) is 0. The first-order valence-corrected chi connectivity index (χ1v) is 7.57. The molecule has 0 unspecified atom stereocenters. The molecule has 1 aromatic heterocycles. The van der Waals surface area contributed by atoms with Crippen molar-refractivity contribution in [2.75, 3.05) is 24.6 Å². The molecular weight excluding hydrogens is 260 g/mol. The number of hydrogen-bond donors (Lipinski definition) is 2. The molecule has 0 spiro atoms. The lowest BCUT2D eigenvalue weighted by Crippen LogP contribution is -2.46. The zero-order valence-corrected chi connectivity index (χ0v) is 12.8. The predicted molar refractivity (Wildman–Crippen MR) is 79.5 cm³/mol. The number of nitrogens with two attached hydrogens (primary N) is 1. The summed E-state index contributed by atoms with van der Waals surface area (Å²) in [5, 5.41) is 7.00. The van der Waals surface area contributed by atoms with Gasteiger partial charge in [-0.1, -0.05) is 13.8 Å². The lowest BCUT2D eigenvalue weighted by atomic mass is 10.1. The van der Waals surface area contributed by atoms with Crippen LogP contribution in [0, 0.1) is 0 Å². The van der Waals surface area contributed by atoms with E-state index in [0.29, 0.717) is 11.4 Å². The third kappa shape index (κ3) is 2.88. The number of nitrogen functional groups attached to an aromatic ring is 1. The number of nitrogens with one attached hydrogen (secondary N) is 1. The molecule has 19 heavy (non-hydrogen) atoms. The largest absolute Gasteiger partial charge is 0.395 e. The van der Waals surface area contributed by atoms with Crippen molar-refractivity contribution in [2.45, 2.75) is 38.4 Å². The van der Waals surface area contributed by atoms with Crippen LogP contribution in [0.1, 0.15) is 49.8 Å². The first-order chi connectivity index (χ1) is 8.82. The summed E-state index contributed by atoms with van der Waals surface area (Å²) in [6.07, 6.45) is 0. The van der Waals surface area contributed by atoms with Gasteiger partial charge in [-0.3, -0.25) is 9.89 Å². The highest BCUT2D eigenvalue weighted by Gasteiger charge is 2.32. The molecule has 1 fully saturated rings. The molecule has 0 bridgehead atoms. The maximum atomic E-state index is 12.5. The van der Waals surface area contributed by atoms with Crippen LogP contribution in [0.4, 0.5) is 5.69 Å². The summed E-state index contributed by atoms with van der Waals surface area (Å²) in [5.41, 5.74) is 7.74. The van der Waals surface area contributed by atoms with Crippen LogP contribution in [0.5, 0.6) is 0 Å². The van der Waals surface area contributed by atoms with E-state index in [1.54, 1.807) is 0 Å². The molecule has 1 saturated heterocycles. The molecule has 5 nitrogen and oxygen atoms in total. The fourth-order valence-electron chi connectivity index (χ4n) is 2.31. The predicted octanol–water partition coefficient (Wildman–Crippen LogP) is 2.08. The SMILES string of the molecule is CC(C)c1[nH]nc(C(=O)N2CCSC(C)(C)C2)c1N. The second-order valence-corrected chi connectivity index (χ2v) is 7.69. The van der Waals surface area contributed by atoms with Gasteiger partial charge in [0, 0.05) is 23.6 Å². The van der Waals surface area contributed by atoms with Crippen molar-refractivity contribution in [1.29, 1.82) is 0 Å². The molecule has 0 aliphatic carbocycles. The summed E-state index contributed by atoms with van der Waals surface area (Å²) in [6.45, 7) is 9.86. The van der Waals surface area contributed by atoms with Crippen LogP contribution in [0.15, 0.2) is 0 Å². The average molecular weight is 282 g/mol. The molecule has 3 N–H and O–H groups in total. The maximum absolute atomic E-state index is 12.5. The molecule has 0 atom stereocenters. The number of aromatic amines is 1. The van der Waals surface area contributed by atoms with Crippen LogP contribution < -0.4 is 5.73 Å². The molecule has 106 valence electrons. The molecule has 1 amide bonds. The number of rotatable bonds is 2. The van der Waals surface area contributed by atoms with Crippen LogP contribution in [0.25, 0.3) is 0 Å². The number of thioether (sulfide) groups is 1. The number of anilines is 1. The van der Waals surface area contributed by atoms with Crippen molar-refractivity contribution in [3.8, 4) is 0 Å². The van der Waals surface area contributed by atoms with Crippen molar-refractivity contribution in [2.24, 2.45) is 0 Å². The molecule has 2 rings (SSSR count). The van der Waals surface area contributed by atoms with Gasteiger partial charge in [-0.15, -0.1) is 0 Å². The number of H-pyrrole nitrogens is 1. The maximum Gasteiger partial charge on any atom is 0.276 e. The van der Waals surface area contributed by atoms with Crippen LogP contribution >= 0.6 is 11.8 Å². The summed E-state index contributed by atoms with van der Waals surface area (Å²) >= 11 is 1.90. The van der Waals surface area contributed by atoms with Gasteiger partial charge >= 0.3 is 0 Å². The van der Waals surface area contributed by atoms with E-state index < -0.39 is 0 Å². The highest BCUT2D eigenvalue weighted by atomic mass is 32.2. The minimum absolute atomic E-state index is 0.0611. The van der Waals surface area contributed by atoms with Gasteiger partial charge in [-0.25, -0.2) is 0 Å². The minimum atomic E-state index is -0.0611. The monoisotopic (exact) mass is 282 g/mol. The Labute approximate surface area is 118 Å². The zero-order chi connectivity index (χ0) is 14.2. The highest BCUT2D eigenvalue weighted by molar-refractivity contribution is 8.00. The smallest absolute Gasteiger partial charge is 0.276 e. The van der Waals surface area contributed by atoms with E-state index in [1.165, 1.54) is 0 Å². The Morgan fingerprint density at radius 3 is 2.74 bits per heavy atom. The topological polar surface area (TPSA) is 75.0 Å². The molecule has 1 aromatic rings. The Hall–Kier alpha value is -1.17.